The first-order valence-corrected chi connectivity index (χ1v) is 6.83. The number of nitrogen functional groups attached to an aromatic ring is 1. The van der Waals surface area contributed by atoms with Crippen molar-refractivity contribution in [3.8, 4) is 0 Å². The molecule has 0 radical (unpaired) electrons. The van der Waals surface area contributed by atoms with Crippen LogP contribution in [-0.2, 0) is 0 Å². The lowest BCUT2D eigenvalue weighted by atomic mass is 9.99. The first kappa shape index (κ1) is 11.5. The van der Waals surface area contributed by atoms with Crippen molar-refractivity contribution in [1.29, 1.82) is 0 Å². The van der Waals surface area contributed by atoms with Gasteiger partial charge in [-0.15, -0.1) is 0 Å². The molecule has 2 heteroatoms. The quantitative estimate of drug-likeness (QED) is 0.815. The largest absolute Gasteiger partial charge is 0.398 e. The Morgan fingerprint density at radius 2 is 1.89 bits per heavy atom. The van der Waals surface area contributed by atoms with Crippen LogP contribution < -0.4 is 5.73 Å². The number of hydrogen-bond donors (Lipinski definition) is 1. The molecule has 3 rings (SSSR count). The van der Waals surface area contributed by atoms with Gasteiger partial charge in [0.1, 0.15) is 0 Å². The number of aryl methyl sites for hydroxylation is 2. The Hall–Kier alpha value is -1.57. The standard InChI is InChI=1S/C16H20N2/c1-10-7-8-13-14(17)9-15(12-5-3-4-6-12)18-16(13)11(10)2/h7-9,12H,3-6H2,1-2H3,(H2,17,18). The lowest BCUT2D eigenvalue weighted by molar-refractivity contribution is 0.701. The zero-order valence-corrected chi connectivity index (χ0v) is 11.2. The van der Waals surface area contributed by atoms with Crippen LogP contribution in [0.15, 0.2) is 18.2 Å². The number of benzene rings is 1. The Balaban J connectivity index is 2.21. The second-order valence-corrected chi connectivity index (χ2v) is 5.52. The van der Waals surface area contributed by atoms with Gasteiger partial charge in [-0.2, -0.15) is 0 Å². The maximum Gasteiger partial charge on any atom is 0.0757 e. The molecular formula is C16H20N2. The van der Waals surface area contributed by atoms with E-state index in [-0.39, 0.29) is 0 Å². The average Bonchev–Trinajstić information content (AvgIpc) is 2.88. The maximum absolute atomic E-state index is 6.20. The van der Waals surface area contributed by atoms with E-state index in [9.17, 15) is 0 Å². The minimum Gasteiger partial charge on any atom is -0.398 e. The van der Waals surface area contributed by atoms with Crippen LogP contribution in [0.25, 0.3) is 10.9 Å². The summed E-state index contributed by atoms with van der Waals surface area (Å²) in [6.45, 7) is 4.28. The molecule has 0 atom stereocenters. The molecule has 1 aliphatic carbocycles. The highest BCUT2D eigenvalue weighted by atomic mass is 14.7. The number of hydrogen-bond acceptors (Lipinski definition) is 2. The minimum absolute atomic E-state index is 0.622. The summed E-state index contributed by atoms with van der Waals surface area (Å²) in [5.41, 5.74) is 11.9. The van der Waals surface area contributed by atoms with Gasteiger partial charge in [-0.3, -0.25) is 4.98 Å². The molecule has 1 aromatic carbocycles. The summed E-state index contributed by atoms with van der Waals surface area (Å²) in [4.78, 5) is 4.90. The van der Waals surface area contributed by atoms with Crippen LogP contribution in [0.3, 0.4) is 0 Å². The molecular weight excluding hydrogens is 220 g/mol. The summed E-state index contributed by atoms with van der Waals surface area (Å²) in [6, 6.07) is 6.32. The molecule has 0 spiro atoms. The number of anilines is 1. The topological polar surface area (TPSA) is 38.9 Å². The third-order valence-electron chi connectivity index (χ3n) is 4.33. The van der Waals surface area contributed by atoms with E-state index in [1.54, 1.807) is 0 Å². The third-order valence-corrected chi connectivity index (χ3v) is 4.33. The monoisotopic (exact) mass is 240 g/mol. The van der Waals surface area contributed by atoms with Crippen LogP contribution >= 0.6 is 0 Å². The second kappa shape index (κ2) is 4.27. The molecule has 0 amide bonds. The maximum atomic E-state index is 6.20. The van der Waals surface area contributed by atoms with Gasteiger partial charge in [0.15, 0.2) is 0 Å². The van der Waals surface area contributed by atoms with E-state index < -0.39 is 0 Å². The highest BCUT2D eigenvalue weighted by molar-refractivity contribution is 5.92. The lowest BCUT2D eigenvalue weighted by Crippen LogP contribution is -2.01. The van der Waals surface area contributed by atoms with E-state index in [4.69, 9.17) is 10.7 Å². The van der Waals surface area contributed by atoms with E-state index >= 15 is 0 Å². The molecule has 2 aromatic rings. The fourth-order valence-electron chi connectivity index (χ4n) is 3.01. The van der Waals surface area contributed by atoms with Crippen molar-refractivity contribution in [1.82, 2.24) is 4.98 Å². The first-order chi connectivity index (χ1) is 8.66. The summed E-state index contributed by atoms with van der Waals surface area (Å²) in [6.07, 6.45) is 5.19. The normalized spacial score (nSPS) is 16.6. The summed E-state index contributed by atoms with van der Waals surface area (Å²) >= 11 is 0. The number of pyridine rings is 1. The lowest BCUT2D eigenvalue weighted by Gasteiger charge is -2.13. The molecule has 0 bridgehead atoms. The van der Waals surface area contributed by atoms with Crippen molar-refractivity contribution in [3.63, 3.8) is 0 Å². The van der Waals surface area contributed by atoms with E-state index in [2.05, 4.69) is 32.0 Å². The Morgan fingerprint density at radius 3 is 2.61 bits per heavy atom. The highest BCUT2D eigenvalue weighted by Crippen LogP contribution is 2.36. The van der Waals surface area contributed by atoms with Gasteiger partial charge in [-0.1, -0.05) is 25.0 Å². The van der Waals surface area contributed by atoms with Crippen molar-refractivity contribution >= 4 is 16.6 Å². The van der Waals surface area contributed by atoms with Crippen molar-refractivity contribution in [2.24, 2.45) is 0 Å². The molecule has 1 heterocycles. The number of rotatable bonds is 1. The van der Waals surface area contributed by atoms with Crippen LogP contribution in [0.5, 0.6) is 0 Å². The van der Waals surface area contributed by atoms with Crippen LogP contribution in [0.2, 0.25) is 0 Å². The Kier molecular flexibility index (Phi) is 2.73. The predicted molar refractivity (Wildman–Crippen MR) is 76.8 cm³/mol. The molecule has 1 fully saturated rings. The molecule has 0 aliphatic heterocycles. The van der Waals surface area contributed by atoms with Gasteiger partial charge >= 0.3 is 0 Å². The van der Waals surface area contributed by atoms with Gasteiger partial charge < -0.3 is 5.73 Å². The van der Waals surface area contributed by atoms with Gasteiger partial charge in [0, 0.05) is 22.7 Å². The molecule has 94 valence electrons. The van der Waals surface area contributed by atoms with Gasteiger partial charge in [-0.05, 0) is 43.9 Å². The van der Waals surface area contributed by atoms with Crippen molar-refractivity contribution < 1.29 is 0 Å². The number of fused-ring (bicyclic) bond motifs is 1. The molecule has 2 N–H and O–H groups in total. The third kappa shape index (κ3) is 1.76. The van der Waals surface area contributed by atoms with Gasteiger partial charge in [-0.25, -0.2) is 0 Å². The molecule has 1 aromatic heterocycles. The van der Waals surface area contributed by atoms with E-state index in [1.807, 2.05) is 0 Å². The summed E-state index contributed by atoms with van der Waals surface area (Å²) < 4.78 is 0. The molecule has 0 unspecified atom stereocenters. The van der Waals surface area contributed by atoms with Gasteiger partial charge in [0.2, 0.25) is 0 Å². The van der Waals surface area contributed by atoms with Gasteiger partial charge in [0.25, 0.3) is 0 Å². The average molecular weight is 240 g/mol. The van der Waals surface area contributed by atoms with Crippen molar-refractivity contribution in [2.45, 2.75) is 45.4 Å². The fraction of sp³-hybridized carbons (Fsp3) is 0.438. The Bertz CT molecular complexity index is 596. The number of nitrogens with two attached hydrogens (primary N) is 1. The molecule has 0 saturated heterocycles. The van der Waals surface area contributed by atoms with Crippen molar-refractivity contribution in [3.05, 3.63) is 35.0 Å². The van der Waals surface area contributed by atoms with Gasteiger partial charge in [0.05, 0.1) is 5.52 Å². The number of aromatic nitrogens is 1. The van der Waals surface area contributed by atoms with Crippen LogP contribution in [0.1, 0.15) is 48.4 Å². The van der Waals surface area contributed by atoms with E-state index in [1.165, 1.54) is 42.5 Å². The number of nitrogens with zero attached hydrogens (tertiary/aromatic N) is 1. The fourth-order valence-corrected chi connectivity index (χ4v) is 3.01. The predicted octanol–water partition coefficient (Wildman–Crippen LogP) is 4.09. The molecule has 18 heavy (non-hydrogen) atoms. The van der Waals surface area contributed by atoms with E-state index in [0.29, 0.717) is 5.92 Å². The Labute approximate surface area is 108 Å². The molecule has 1 aliphatic rings. The van der Waals surface area contributed by atoms with Crippen LogP contribution in [-0.4, -0.2) is 4.98 Å². The summed E-state index contributed by atoms with van der Waals surface area (Å²) in [7, 11) is 0. The van der Waals surface area contributed by atoms with Crippen molar-refractivity contribution in [2.75, 3.05) is 5.73 Å². The first-order valence-electron chi connectivity index (χ1n) is 6.83. The Morgan fingerprint density at radius 1 is 1.17 bits per heavy atom. The SMILES string of the molecule is Cc1ccc2c(N)cc(C3CCCC3)nc2c1C. The molecule has 1 saturated carbocycles. The zero-order chi connectivity index (χ0) is 12.7. The van der Waals surface area contributed by atoms with E-state index in [0.717, 1.165) is 16.6 Å². The summed E-state index contributed by atoms with van der Waals surface area (Å²) in [5.74, 6) is 0.622. The smallest absolute Gasteiger partial charge is 0.0757 e. The second-order valence-electron chi connectivity index (χ2n) is 5.52. The highest BCUT2D eigenvalue weighted by Gasteiger charge is 2.19. The molecule has 2 nitrogen and oxygen atoms in total. The van der Waals surface area contributed by atoms with Crippen LogP contribution in [0, 0.1) is 13.8 Å². The summed E-state index contributed by atoms with van der Waals surface area (Å²) in [5, 5.41) is 1.10. The zero-order valence-electron chi connectivity index (χ0n) is 11.2. The van der Waals surface area contributed by atoms with Crippen LogP contribution in [0.4, 0.5) is 5.69 Å². The minimum atomic E-state index is 0.622.